The van der Waals surface area contributed by atoms with E-state index >= 15 is 0 Å². The van der Waals surface area contributed by atoms with Crippen LogP contribution in [0.5, 0.6) is 0 Å². The summed E-state index contributed by atoms with van der Waals surface area (Å²) >= 11 is 0. The lowest BCUT2D eigenvalue weighted by molar-refractivity contribution is -0.0480. The highest BCUT2D eigenvalue weighted by molar-refractivity contribution is 6.10. The maximum absolute atomic E-state index is 5.93. The maximum atomic E-state index is 5.93. The van der Waals surface area contributed by atoms with E-state index in [9.17, 15) is 0 Å². The molecule has 1 saturated carbocycles. The fourth-order valence-corrected chi connectivity index (χ4v) is 5.59. The van der Waals surface area contributed by atoms with Crippen molar-refractivity contribution in [1.82, 2.24) is 4.98 Å². The molecule has 0 bridgehead atoms. The average Bonchev–Trinajstić information content (AvgIpc) is 3.03. The third-order valence-corrected chi connectivity index (χ3v) is 9.06. The molecular formula is C40H65N5O. The molecule has 1 fully saturated rings. The van der Waals surface area contributed by atoms with Gasteiger partial charge < -0.3 is 10.5 Å². The molecule has 0 aliphatic heterocycles. The van der Waals surface area contributed by atoms with Gasteiger partial charge >= 0.3 is 0 Å². The molecule has 6 heteroatoms. The van der Waals surface area contributed by atoms with Crippen LogP contribution >= 0.6 is 0 Å². The summed E-state index contributed by atoms with van der Waals surface area (Å²) < 4.78 is 5.93. The Hall–Kier alpha value is -3.12. The lowest BCUT2D eigenvalue weighted by atomic mass is 9.78. The number of rotatable bonds is 12. The van der Waals surface area contributed by atoms with Crippen LogP contribution in [0.1, 0.15) is 136 Å². The molecule has 1 aromatic heterocycles. The zero-order valence-corrected chi connectivity index (χ0v) is 31.3. The first-order chi connectivity index (χ1) is 22.0. The molecule has 0 amide bonds. The Morgan fingerprint density at radius 3 is 2.04 bits per heavy atom. The van der Waals surface area contributed by atoms with E-state index in [0.29, 0.717) is 17.4 Å². The predicted octanol–water partition coefficient (Wildman–Crippen LogP) is 10.9. The number of aromatic nitrogens is 1. The van der Waals surface area contributed by atoms with Crippen LogP contribution in [0, 0.1) is 25.2 Å². The lowest BCUT2D eigenvalue weighted by Crippen LogP contribution is -2.38. The molecule has 1 aromatic carbocycles. The maximum Gasteiger partial charge on any atom is 0.154 e. The first-order valence-corrected chi connectivity index (χ1v) is 17.7. The molecule has 1 aliphatic rings. The second-order valence-electron chi connectivity index (χ2n) is 12.7. The molecule has 0 spiro atoms. The summed E-state index contributed by atoms with van der Waals surface area (Å²) in [6, 6.07) is 10.1. The second kappa shape index (κ2) is 21.6. The fourth-order valence-electron chi connectivity index (χ4n) is 5.59. The van der Waals surface area contributed by atoms with E-state index in [4.69, 9.17) is 20.5 Å². The number of ether oxygens (including phenoxy) is 1. The van der Waals surface area contributed by atoms with E-state index in [-0.39, 0.29) is 6.10 Å². The van der Waals surface area contributed by atoms with Gasteiger partial charge in [0.25, 0.3) is 0 Å². The molecule has 0 saturated heterocycles. The van der Waals surface area contributed by atoms with Crippen molar-refractivity contribution >= 4 is 29.0 Å². The van der Waals surface area contributed by atoms with Gasteiger partial charge in [-0.2, -0.15) is 0 Å². The number of aliphatic imine (C=N–C) groups is 3. The minimum Gasteiger partial charge on any atom is -0.404 e. The van der Waals surface area contributed by atoms with Crippen molar-refractivity contribution in [2.75, 3.05) is 7.05 Å². The number of nitrogens with two attached hydrogens (primary N) is 1. The first-order valence-electron chi connectivity index (χ1n) is 17.7. The molecule has 1 heterocycles. The Kier molecular flexibility index (Phi) is 19.2. The molecule has 1 aliphatic carbocycles. The summed E-state index contributed by atoms with van der Waals surface area (Å²) in [6.07, 6.45) is 15.3. The summed E-state index contributed by atoms with van der Waals surface area (Å²) in [5.74, 6) is 1.20. The monoisotopic (exact) mass is 632 g/mol. The zero-order valence-electron chi connectivity index (χ0n) is 31.3. The molecule has 46 heavy (non-hydrogen) atoms. The van der Waals surface area contributed by atoms with E-state index in [1.807, 2.05) is 32.0 Å². The van der Waals surface area contributed by atoms with E-state index < -0.39 is 0 Å². The Bertz CT molecular complexity index is 1260. The average molecular weight is 632 g/mol. The minimum absolute atomic E-state index is 0.267. The van der Waals surface area contributed by atoms with Crippen molar-refractivity contribution in [3.05, 3.63) is 65.1 Å². The summed E-state index contributed by atoms with van der Waals surface area (Å²) in [5.41, 5.74) is 13.3. The molecule has 6 nitrogen and oxygen atoms in total. The van der Waals surface area contributed by atoms with Crippen molar-refractivity contribution in [3.63, 3.8) is 0 Å². The Morgan fingerprint density at radius 1 is 0.978 bits per heavy atom. The number of benzene rings is 1. The van der Waals surface area contributed by atoms with Gasteiger partial charge in [-0.1, -0.05) is 92.7 Å². The van der Waals surface area contributed by atoms with Gasteiger partial charge in [-0.05, 0) is 81.7 Å². The molecular weight excluding hydrogens is 566 g/mol. The van der Waals surface area contributed by atoms with E-state index in [0.717, 1.165) is 58.7 Å². The van der Waals surface area contributed by atoms with Gasteiger partial charge in [0.1, 0.15) is 0 Å². The van der Waals surface area contributed by atoms with Gasteiger partial charge in [-0.15, -0.1) is 0 Å². The van der Waals surface area contributed by atoms with Crippen molar-refractivity contribution in [2.45, 2.75) is 140 Å². The van der Waals surface area contributed by atoms with Crippen LogP contribution in [0.15, 0.2) is 57.7 Å². The van der Waals surface area contributed by atoms with Crippen molar-refractivity contribution in [2.24, 2.45) is 32.0 Å². The van der Waals surface area contributed by atoms with Gasteiger partial charge in [0, 0.05) is 48.4 Å². The lowest BCUT2D eigenvalue weighted by Gasteiger charge is -2.37. The molecule has 0 atom stereocenters. The SMILES string of the molecule is CCC.CCC(=NC(=NC)c1ccc(C)c(N=C/C(=C/N)c2cc(C)ccn2)c1)C1CC(OC(C)C)C1.CCC(CC)(CC)CC. The summed E-state index contributed by atoms with van der Waals surface area (Å²) in [4.78, 5) is 18.6. The molecule has 0 unspecified atom stereocenters. The van der Waals surface area contributed by atoms with Crippen LogP contribution < -0.4 is 5.73 Å². The normalized spacial score (nSPS) is 17.3. The summed E-state index contributed by atoms with van der Waals surface area (Å²) in [7, 11) is 1.79. The second-order valence-corrected chi connectivity index (χ2v) is 12.7. The predicted molar refractivity (Wildman–Crippen MR) is 203 cm³/mol. The smallest absolute Gasteiger partial charge is 0.154 e. The van der Waals surface area contributed by atoms with Crippen LogP contribution in [0.4, 0.5) is 5.69 Å². The van der Waals surface area contributed by atoms with Gasteiger partial charge in [0.05, 0.1) is 23.6 Å². The molecule has 0 radical (unpaired) electrons. The minimum atomic E-state index is 0.267. The van der Waals surface area contributed by atoms with Crippen LogP contribution in [0.2, 0.25) is 0 Å². The molecule has 2 N–H and O–H groups in total. The number of hydrogen-bond acceptors (Lipinski definition) is 5. The van der Waals surface area contributed by atoms with Gasteiger partial charge in [-0.25, -0.2) is 4.99 Å². The van der Waals surface area contributed by atoms with Crippen LogP contribution in [-0.2, 0) is 4.74 Å². The van der Waals surface area contributed by atoms with E-state index in [1.165, 1.54) is 44.0 Å². The summed E-state index contributed by atoms with van der Waals surface area (Å²) in [6.45, 7) is 23.9. The quantitative estimate of drug-likeness (QED) is 0.187. The number of hydrogen-bond donors (Lipinski definition) is 1. The third-order valence-electron chi connectivity index (χ3n) is 9.06. The number of amidine groups is 1. The number of pyridine rings is 1. The third kappa shape index (κ3) is 12.9. The highest BCUT2D eigenvalue weighted by Gasteiger charge is 2.33. The molecule has 256 valence electrons. The highest BCUT2D eigenvalue weighted by Crippen LogP contribution is 2.34. The van der Waals surface area contributed by atoms with Crippen LogP contribution in [-0.4, -0.2) is 42.0 Å². The Balaban J connectivity index is 0.000000750. The number of aryl methyl sites for hydroxylation is 2. The van der Waals surface area contributed by atoms with Gasteiger partial charge in [0.2, 0.25) is 0 Å². The van der Waals surface area contributed by atoms with Crippen molar-refractivity contribution < 1.29 is 4.74 Å². The summed E-state index contributed by atoms with van der Waals surface area (Å²) in [5, 5.41) is 0. The zero-order chi connectivity index (χ0) is 34.7. The van der Waals surface area contributed by atoms with E-state index in [1.54, 1.807) is 19.5 Å². The Labute approximate surface area is 282 Å². The molecule has 2 aromatic rings. The fraction of sp³-hybridized carbons (Fsp3) is 0.600. The largest absolute Gasteiger partial charge is 0.404 e. The number of allylic oxidation sites excluding steroid dienone is 1. The van der Waals surface area contributed by atoms with Gasteiger partial charge in [-0.3, -0.25) is 15.0 Å². The standard InChI is InChI=1S/C28H37N5O.C9H20.C3H8/c1-7-25(22-13-24(14-22)34-18(2)3)33-28(30-6)21-9-8-20(5)26(15-21)32-17-23(16-29)27-12-19(4)10-11-31-27;1-5-9(6-2,7-3)8-4;1-3-2/h8-12,15-18,22,24H,7,13-14,29H2,1-6H3;5-8H2,1-4H3;3H2,1-2H3/b23-16-,30-28?,32-17?,33-25?;;. The molecule has 3 rings (SSSR count). The Morgan fingerprint density at radius 2 is 1.59 bits per heavy atom. The van der Waals surface area contributed by atoms with Crippen molar-refractivity contribution in [3.8, 4) is 0 Å². The topological polar surface area (TPSA) is 85.2 Å². The highest BCUT2D eigenvalue weighted by atomic mass is 16.5. The van der Waals surface area contributed by atoms with Gasteiger partial charge in [0.15, 0.2) is 5.84 Å². The van der Waals surface area contributed by atoms with Crippen molar-refractivity contribution in [1.29, 1.82) is 0 Å². The van der Waals surface area contributed by atoms with Crippen LogP contribution in [0.25, 0.3) is 5.57 Å². The first kappa shape index (κ1) is 40.9. The number of nitrogens with zero attached hydrogens (tertiary/aromatic N) is 4. The van der Waals surface area contributed by atoms with Crippen LogP contribution in [0.3, 0.4) is 0 Å². The van der Waals surface area contributed by atoms with E-state index in [2.05, 4.69) is 84.4 Å².